The number of fused-ring (bicyclic) bond motifs is 2. The Labute approximate surface area is 190 Å². The van der Waals surface area contributed by atoms with Crippen molar-refractivity contribution < 1.29 is 13.6 Å². The Morgan fingerprint density at radius 2 is 2.15 bits per heavy atom. The molecule has 0 bridgehead atoms. The van der Waals surface area contributed by atoms with Crippen molar-refractivity contribution in [2.24, 2.45) is 0 Å². The Morgan fingerprint density at radius 1 is 1.24 bits per heavy atom. The second kappa shape index (κ2) is 7.48. The monoisotopic (exact) mass is 464 g/mol. The highest BCUT2D eigenvalue weighted by atomic mass is 35.5. The zero-order valence-corrected chi connectivity index (χ0v) is 17.6. The third kappa shape index (κ3) is 3.16. The quantitative estimate of drug-likeness (QED) is 0.436. The molecule has 5 aromatic rings. The average Bonchev–Trinajstić information content (AvgIpc) is 3.57. The van der Waals surface area contributed by atoms with E-state index in [1.54, 1.807) is 34.1 Å². The van der Waals surface area contributed by atoms with Crippen LogP contribution < -0.4 is 0 Å². The van der Waals surface area contributed by atoms with Crippen LogP contribution in [0.4, 0.5) is 4.39 Å². The summed E-state index contributed by atoms with van der Waals surface area (Å²) in [6, 6.07) is 7.44. The first-order valence-corrected chi connectivity index (χ1v) is 10.4. The number of H-pyrrole nitrogens is 1. The maximum absolute atomic E-state index is 14.1. The van der Waals surface area contributed by atoms with Gasteiger partial charge in [0.2, 0.25) is 0 Å². The number of rotatable bonds is 3. The lowest BCUT2D eigenvalue weighted by molar-refractivity contribution is 0.0646. The van der Waals surface area contributed by atoms with Crippen LogP contribution in [0.3, 0.4) is 0 Å². The minimum absolute atomic E-state index is 0.121. The number of hydrogen-bond donors (Lipinski definition) is 1. The Kier molecular flexibility index (Phi) is 4.44. The van der Waals surface area contributed by atoms with Crippen molar-refractivity contribution in [1.82, 2.24) is 39.7 Å². The molecule has 1 aliphatic rings. The molecule has 164 valence electrons. The van der Waals surface area contributed by atoms with E-state index in [0.717, 1.165) is 5.69 Å². The maximum Gasteiger partial charge on any atom is 0.312 e. The first-order chi connectivity index (χ1) is 16.1. The molecule has 0 aromatic carbocycles. The number of halogens is 2. The fourth-order valence-corrected chi connectivity index (χ4v) is 4.21. The molecule has 12 heteroatoms. The van der Waals surface area contributed by atoms with E-state index in [4.69, 9.17) is 16.0 Å². The summed E-state index contributed by atoms with van der Waals surface area (Å²) in [4.78, 5) is 26.5. The molecular weight excluding hydrogens is 451 g/mol. The third-order valence-electron chi connectivity index (χ3n) is 5.50. The average molecular weight is 465 g/mol. The number of carbonyl (C=O) groups excluding carboxylic acids is 1. The number of carbonyl (C=O) groups is 1. The van der Waals surface area contributed by atoms with Gasteiger partial charge in [0.15, 0.2) is 11.5 Å². The summed E-state index contributed by atoms with van der Waals surface area (Å²) in [6.07, 6.45) is 5.32. The van der Waals surface area contributed by atoms with Crippen LogP contribution in [-0.2, 0) is 6.42 Å². The van der Waals surface area contributed by atoms with E-state index in [1.165, 1.54) is 18.3 Å². The normalized spacial score (nSPS) is 15.7. The van der Waals surface area contributed by atoms with E-state index in [9.17, 15) is 9.18 Å². The molecular formula is C21H14ClFN8O2. The van der Waals surface area contributed by atoms with Gasteiger partial charge in [-0.1, -0.05) is 11.6 Å². The number of amides is 1. The lowest BCUT2D eigenvalue weighted by Crippen LogP contribution is -2.41. The summed E-state index contributed by atoms with van der Waals surface area (Å²) in [5.74, 6) is -1.60. The fraction of sp³-hybridized carbons (Fsp3) is 0.143. The summed E-state index contributed by atoms with van der Waals surface area (Å²) in [5, 5.41) is 12.8. The number of aromatic nitrogens is 7. The first kappa shape index (κ1) is 19.6. The van der Waals surface area contributed by atoms with Crippen molar-refractivity contribution in [3.05, 3.63) is 82.9 Å². The number of nitrogens with zero attached hydrogens (tertiary/aromatic N) is 7. The summed E-state index contributed by atoms with van der Waals surface area (Å²) in [5.41, 5.74) is 2.75. The number of aromatic amines is 1. The van der Waals surface area contributed by atoms with Crippen LogP contribution in [0, 0.1) is 5.82 Å². The number of imidazole rings is 1. The van der Waals surface area contributed by atoms with Crippen molar-refractivity contribution in [2.45, 2.75) is 12.5 Å². The summed E-state index contributed by atoms with van der Waals surface area (Å²) < 4.78 is 21.2. The molecule has 10 nitrogen and oxygen atoms in total. The van der Waals surface area contributed by atoms with Crippen molar-refractivity contribution in [3.8, 4) is 11.6 Å². The molecule has 0 aliphatic carbocycles. The first-order valence-electron chi connectivity index (χ1n) is 10.0. The van der Waals surface area contributed by atoms with E-state index >= 15 is 0 Å². The SMILES string of the molecule is O=C(c1nnc(-c2ncccc2F)o1)N1CCc2[nH]cnc2C1c1cc2c(Cl)cccn2n1. The predicted molar refractivity (Wildman–Crippen MR) is 113 cm³/mol. The minimum atomic E-state index is -0.626. The van der Waals surface area contributed by atoms with Crippen LogP contribution in [0.2, 0.25) is 5.02 Å². The van der Waals surface area contributed by atoms with Gasteiger partial charge in [-0.15, -0.1) is 10.2 Å². The van der Waals surface area contributed by atoms with Gasteiger partial charge in [-0.2, -0.15) is 5.10 Å². The second-order valence-corrected chi connectivity index (χ2v) is 7.83. The van der Waals surface area contributed by atoms with Gasteiger partial charge in [0, 0.05) is 31.1 Å². The summed E-state index contributed by atoms with van der Waals surface area (Å²) in [7, 11) is 0. The van der Waals surface area contributed by atoms with Gasteiger partial charge < -0.3 is 14.3 Å². The Balaban J connectivity index is 1.41. The van der Waals surface area contributed by atoms with Crippen molar-refractivity contribution >= 4 is 23.0 Å². The van der Waals surface area contributed by atoms with Crippen LogP contribution in [0.5, 0.6) is 0 Å². The van der Waals surface area contributed by atoms with Crippen LogP contribution in [-0.4, -0.2) is 52.1 Å². The van der Waals surface area contributed by atoms with Crippen LogP contribution in [0.25, 0.3) is 17.1 Å². The van der Waals surface area contributed by atoms with Gasteiger partial charge in [0.05, 0.1) is 28.3 Å². The molecule has 0 fully saturated rings. The van der Waals surface area contributed by atoms with Gasteiger partial charge in [0.1, 0.15) is 6.04 Å². The molecule has 6 rings (SSSR count). The summed E-state index contributed by atoms with van der Waals surface area (Å²) >= 11 is 6.32. The third-order valence-corrected chi connectivity index (χ3v) is 5.82. The predicted octanol–water partition coefficient (Wildman–Crippen LogP) is 3.08. The molecule has 1 amide bonds. The van der Waals surface area contributed by atoms with Crippen molar-refractivity contribution in [1.29, 1.82) is 0 Å². The van der Waals surface area contributed by atoms with Gasteiger partial charge in [-0.05, 0) is 30.3 Å². The Hall–Kier alpha value is -4.12. The van der Waals surface area contributed by atoms with Crippen molar-refractivity contribution in [2.75, 3.05) is 6.54 Å². The van der Waals surface area contributed by atoms with E-state index in [1.807, 2.05) is 6.07 Å². The van der Waals surface area contributed by atoms with Gasteiger partial charge >= 0.3 is 11.8 Å². The van der Waals surface area contributed by atoms with Crippen LogP contribution in [0.15, 0.2) is 53.5 Å². The highest BCUT2D eigenvalue weighted by molar-refractivity contribution is 6.33. The minimum Gasteiger partial charge on any atom is -0.411 e. The molecule has 0 saturated heterocycles. The van der Waals surface area contributed by atoms with Gasteiger partial charge in [0.25, 0.3) is 5.89 Å². The molecule has 6 heterocycles. The zero-order chi connectivity index (χ0) is 22.5. The zero-order valence-electron chi connectivity index (χ0n) is 16.8. The van der Waals surface area contributed by atoms with Gasteiger partial charge in [-0.3, -0.25) is 4.79 Å². The molecule has 1 unspecified atom stereocenters. The Morgan fingerprint density at radius 3 is 3.00 bits per heavy atom. The van der Waals surface area contributed by atoms with Gasteiger partial charge in [-0.25, -0.2) is 18.9 Å². The van der Waals surface area contributed by atoms with Crippen LogP contribution in [0.1, 0.15) is 33.8 Å². The number of pyridine rings is 2. The van der Waals surface area contributed by atoms with E-state index in [-0.39, 0.29) is 17.5 Å². The number of hydrogen-bond acceptors (Lipinski definition) is 7. The second-order valence-electron chi connectivity index (χ2n) is 7.42. The molecule has 1 aliphatic heterocycles. The van der Waals surface area contributed by atoms with E-state index < -0.39 is 17.8 Å². The van der Waals surface area contributed by atoms with Crippen molar-refractivity contribution in [3.63, 3.8) is 0 Å². The molecule has 5 aromatic heterocycles. The summed E-state index contributed by atoms with van der Waals surface area (Å²) in [6.45, 7) is 0.357. The fourth-order valence-electron chi connectivity index (χ4n) is 4.00. The Bertz CT molecular complexity index is 1510. The van der Waals surface area contributed by atoms with E-state index in [2.05, 4.69) is 30.2 Å². The standard InChI is InChI=1S/C21H14ClFN8O2/c22-11-3-2-7-31-15(11)9-14(29-31)18-17-13(25-10-26-17)5-8-30(18)21(32)20-28-27-19(33-20)16-12(23)4-1-6-24-16/h1-4,6-7,9-10,18H,5,8H2,(H,25,26). The largest absolute Gasteiger partial charge is 0.411 e. The smallest absolute Gasteiger partial charge is 0.312 e. The highest BCUT2D eigenvalue weighted by Crippen LogP contribution is 2.35. The number of nitrogens with one attached hydrogen (secondary N) is 1. The molecule has 1 atom stereocenters. The topological polar surface area (TPSA) is 118 Å². The maximum atomic E-state index is 14.1. The van der Waals surface area contributed by atoms with Crippen LogP contribution >= 0.6 is 11.6 Å². The molecule has 0 spiro atoms. The molecule has 33 heavy (non-hydrogen) atoms. The molecule has 0 radical (unpaired) electrons. The highest BCUT2D eigenvalue weighted by Gasteiger charge is 2.38. The lowest BCUT2D eigenvalue weighted by Gasteiger charge is -2.32. The lowest BCUT2D eigenvalue weighted by atomic mass is 9.99. The molecule has 0 saturated carbocycles. The molecule has 1 N–H and O–H groups in total. The van der Waals surface area contributed by atoms with E-state index in [0.29, 0.717) is 34.9 Å².